The fourth-order valence-corrected chi connectivity index (χ4v) is 3.30. The van der Waals surface area contributed by atoms with Gasteiger partial charge in [-0.3, -0.25) is 4.79 Å². The molecule has 1 heterocycles. The average molecular weight is 567 g/mol. The Morgan fingerprint density at radius 2 is 1.34 bits per heavy atom. The molecule has 1 N–H and O–H groups in total. The van der Waals surface area contributed by atoms with Crippen molar-refractivity contribution in [3.63, 3.8) is 0 Å². The Morgan fingerprint density at radius 1 is 0.756 bits per heavy atom. The van der Waals surface area contributed by atoms with E-state index in [1.54, 1.807) is 6.92 Å². The fraction of sp³-hybridized carbons (Fsp3) is 0.448. The van der Waals surface area contributed by atoms with Crippen LogP contribution in [-0.4, -0.2) is 78.3 Å². The number of benzene rings is 2. The fourth-order valence-electron chi connectivity index (χ4n) is 3.30. The monoisotopic (exact) mass is 566 g/mol. The van der Waals surface area contributed by atoms with Crippen LogP contribution >= 0.6 is 0 Å². The summed E-state index contributed by atoms with van der Waals surface area (Å²) in [6, 6.07) is 15.2. The Balaban J connectivity index is 1.12. The number of carbonyl (C=O) groups is 1. The molecule has 0 bridgehead atoms. The molecule has 0 unspecified atom stereocenters. The van der Waals surface area contributed by atoms with Crippen LogP contribution in [0.2, 0.25) is 0 Å². The number of rotatable bonds is 19. The molecule has 0 saturated carbocycles. The van der Waals surface area contributed by atoms with E-state index in [0.29, 0.717) is 71.0 Å². The second-order valence-corrected chi connectivity index (χ2v) is 9.14. The van der Waals surface area contributed by atoms with Gasteiger partial charge >= 0.3 is 0 Å². The number of amides is 1. The molecule has 12 heteroatoms. The number of aryl methyl sites for hydroxylation is 1. The van der Waals surface area contributed by atoms with Gasteiger partial charge in [-0.05, 0) is 44.0 Å². The van der Waals surface area contributed by atoms with E-state index in [4.69, 9.17) is 23.8 Å². The molecule has 1 aromatic heterocycles. The third-order valence-corrected chi connectivity index (χ3v) is 5.40. The van der Waals surface area contributed by atoms with Crippen molar-refractivity contribution >= 4 is 11.6 Å². The minimum atomic E-state index is -0.0809. The molecule has 3 aromatic rings. The zero-order valence-corrected chi connectivity index (χ0v) is 23.9. The third kappa shape index (κ3) is 13.3. The van der Waals surface area contributed by atoms with E-state index in [1.165, 1.54) is 0 Å². The van der Waals surface area contributed by atoms with E-state index in [0.717, 1.165) is 28.2 Å². The number of aromatic nitrogens is 4. The van der Waals surface area contributed by atoms with Crippen molar-refractivity contribution in [1.29, 1.82) is 0 Å². The Bertz CT molecular complexity index is 1190. The summed E-state index contributed by atoms with van der Waals surface area (Å²) in [7, 11) is 0. The van der Waals surface area contributed by atoms with E-state index in [2.05, 4.69) is 30.9 Å². The number of nitrogens with one attached hydrogen (secondary N) is 1. The smallest absolute Gasteiger partial charge is 0.222 e. The summed E-state index contributed by atoms with van der Waals surface area (Å²) in [6.07, 6.45) is 0.277. The van der Waals surface area contributed by atoms with Gasteiger partial charge in [-0.2, -0.15) is 0 Å². The summed E-state index contributed by atoms with van der Waals surface area (Å²) < 4.78 is 22.2. The number of nitrogens with zero attached hydrogens (tertiary/aromatic N) is 5. The van der Waals surface area contributed by atoms with Crippen LogP contribution in [0.25, 0.3) is 11.4 Å². The molecule has 0 fully saturated rings. The van der Waals surface area contributed by atoms with Crippen molar-refractivity contribution < 1.29 is 28.6 Å². The lowest BCUT2D eigenvalue weighted by atomic mass is 10.1. The van der Waals surface area contributed by atoms with Gasteiger partial charge in [0.15, 0.2) is 5.82 Å². The molecule has 12 nitrogen and oxygen atoms in total. The highest BCUT2D eigenvalue weighted by Crippen LogP contribution is 2.14. The lowest BCUT2D eigenvalue weighted by Gasteiger charge is -2.09. The van der Waals surface area contributed by atoms with E-state index in [1.807, 2.05) is 62.4 Å². The Labute approximate surface area is 240 Å². The molecule has 0 saturated heterocycles. The summed E-state index contributed by atoms with van der Waals surface area (Å²) in [4.78, 5) is 17.3. The Kier molecular flexibility index (Phi) is 14.1. The zero-order chi connectivity index (χ0) is 29.1. The van der Waals surface area contributed by atoms with Gasteiger partial charge in [-0.15, -0.1) is 20.4 Å². The Hall–Kier alpha value is -4.00. The molecule has 2 aromatic carbocycles. The molecule has 41 heavy (non-hydrogen) atoms. The lowest BCUT2D eigenvalue weighted by Crippen LogP contribution is -2.24. The van der Waals surface area contributed by atoms with Crippen molar-refractivity contribution in [2.45, 2.75) is 40.3 Å². The van der Waals surface area contributed by atoms with Crippen molar-refractivity contribution in [3.8, 4) is 17.1 Å². The van der Waals surface area contributed by atoms with Crippen molar-refractivity contribution in [3.05, 3.63) is 65.5 Å². The first kappa shape index (κ1) is 31.5. The zero-order valence-electron chi connectivity index (χ0n) is 23.9. The first-order valence-electron chi connectivity index (χ1n) is 13.5. The maximum Gasteiger partial charge on any atom is 0.222 e. The van der Waals surface area contributed by atoms with Crippen LogP contribution in [0, 0.1) is 6.92 Å². The SMILES string of the molecule is CC(C)=NOCc1ccc(OCCOCCOCCOCCC(=O)NCc2ccc(-c3nnc(C)nn3)cc2)cc1. The molecule has 220 valence electrons. The molecule has 0 radical (unpaired) electrons. The molecule has 0 aliphatic heterocycles. The standard InChI is InChI=1S/C29H38N6O6/c1-22(2)35-41-21-25-6-10-27(11-7-25)40-19-18-39-17-16-38-15-14-37-13-12-28(36)30-20-24-4-8-26(9-5-24)29-33-31-23(3)32-34-29/h4-11H,12-21H2,1-3H3,(H,30,36). The summed E-state index contributed by atoms with van der Waals surface area (Å²) in [5.41, 5.74) is 3.68. The van der Waals surface area contributed by atoms with Crippen LogP contribution in [0.15, 0.2) is 53.7 Å². The van der Waals surface area contributed by atoms with Gasteiger partial charge in [0.25, 0.3) is 0 Å². The van der Waals surface area contributed by atoms with E-state index in [9.17, 15) is 4.79 Å². The number of hydrogen-bond acceptors (Lipinski definition) is 11. The van der Waals surface area contributed by atoms with Gasteiger partial charge in [0.1, 0.15) is 19.0 Å². The highest BCUT2D eigenvalue weighted by Gasteiger charge is 2.05. The number of oxime groups is 1. The Morgan fingerprint density at radius 3 is 1.98 bits per heavy atom. The van der Waals surface area contributed by atoms with Gasteiger partial charge in [0.2, 0.25) is 11.7 Å². The number of carbonyl (C=O) groups excluding carboxylic acids is 1. The average Bonchev–Trinajstić information content (AvgIpc) is 2.98. The highest BCUT2D eigenvalue weighted by molar-refractivity contribution is 5.78. The van der Waals surface area contributed by atoms with Crippen molar-refractivity contribution in [1.82, 2.24) is 25.7 Å². The summed E-state index contributed by atoms with van der Waals surface area (Å²) >= 11 is 0. The lowest BCUT2D eigenvalue weighted by molar-refractivity contribution is -0.122. The van der Waals surface area contributed by atoms with Gasteiger partial charge in [0.05, 0.1) is 45.4 Å². The maximum atomic E-state index is 12.1. The summed E-state index contributed by atoms with van der Waals surface area (Å²) in [5.74, 6) is 1.67. The van der Waals surface area contributed by atoms with Crippen molar-refractivity contribution in [2.75, 3.05) is 46.2 Å². The van der Waals surface area contributed by atoms with E-state index < -0.39 is 0 Å². The second-order valence-electron chi connectivity index (χ2n) is 9.14. The van der Waals surface area contributed by atoms with Gasteiger partial charge < -0.3 is 29.1 Å². The maximum absolute atomic E-state index is 12.1. The van der Waals surface area contributed by atoms with Crippen LogP contribution in [0.1, 0.15) is 37.2 Å². The van der Waals surface area contributed by atoms with Crippen molar-refractivity contribution in [2.24, 2.45) is 5.16 Å². The largest absolute Gasteiger partial charge is 0.491 e. The molecule has 1 amide bonds. The topological polar surface area (TPSA) is 139 Å². The quantitative estimate of drug-likeness (QED) is 0.131. The normalized spacial score (nSPS) is 10.7. The summed E-state index contributed by atoms with van der Waals surface area (Å²) in [6.45, 7) is 9.36. The predicted molar refractivity (Wildman–Crippen MR) is 152 cm³/mol. The molecular weight excluding hydrogens is 528 g/mol. The highest BCUT2D eigenvalue weighted by atomic mass is 16.6. The van der Waals surface area contributed by atoms with Crippen LogP contribution < -0.4 is 10.1 Å². The summed E-state index contributed by atoms with van der Waals surface area (Å²) in [5, 5.41) is 22.7. The number of hydrogen-bond donors (Lipinski definition) is 1. The van der Waals surface area contributed by atoms with Gasteiger partial charge in [0, 0.05) is 18.5 Å². The molecule has 0 spiro atoms. The van der Waals surface area contributed by atoms with Gasteiger partial charge in [-0.1, -0.05) is 41.6 Å². The first-order chi connectivity index (χ1) is 20.0. The predicted octanol–water partition coefficient (Wildman–Crippen LogP) is 3.29. The first-order valence-corrected chi connectivity index (χ1v) is 13.5. The van der Waals surface area contributed by atoms with Gasteiger partial charge in [-0.25, -0.2) is 0 Å². The van der Waals surface area contributed by atoms with E-state index >= 15 is 0 Å². The molecule has 0 aliphatic carbocycles. The molecule has 0 aliphatic rings. The van der Waals surface area contributed by atoms with Crippen LogP contribution in [-0.2, 0) is 37.0 Å². The van der Waals surface area contributed by atoms with E-state index in [-0.39, 0.29) is 12.3 Å². The molecule has 0 atom stereocenters. The minimum absolute atomic E-state index is 0.0809. The van der Waals surface area contributed by atoms with Crippen LogP contribution in [0.3, 0.4) is 0 Å². The molecular formula is C29H38N6O6. The molecule has 3 rings (SSSR count). The minimum Gasteiger partial charge on any atom is -0.491 e. The van der Waals surface area contributed by atoms with Crippen LogP contribution in [0.5, 0.6) is 5.75 Å². The third-order valence-electron chi connectivity index (χ3n) is 5.40. The number of ether oxygens (including phenoxy) is 4. The second kappa shape index (κ2) is 18.4. The van der Waals surface area contributed by atoms with Crippen LogP contribution in [0.4, 0.5) is 0 Å².